The van der Waals surface area contributed by atoms with E-state index in [1.54, 1.807) is 18.2 Å². The van der Waals surface area contributed by atoms with E-state index in [-0.39, 0.29) is 18.9 Å². The van der Waals surface area contributed by atoms with Crippen LogP contribution in [0.5, 0.6) is 5.75 Å². The van der Waals surface area contributed by atoms with Gasteiger partial charge in [0.15, 0.2) is 0 Å². The molecule has 5 nitrogen and oxygen atoms in total. The van der Waals surface area contributed by atoms with Gasteiger partial charge in [-0.05, 0) is 28.1 Å². The fourth-order valence-corrected chi connectivity index (χ4v) is 3.48. The molecule has 2 rings (SSSR count). The van der Waals surface area contributed by atoms with Gasteiger partial charge in [0.25, 0.3) is 0 Å². The lowest BCUT2D eigenvalue weighted by atomic mass is 10.1. The Bertz CT molecular complexity index is 634. The van der Waals surface area contributed by atoms with Crippen molar-refractivity contribution in [2.24, 2.45) is 5.92 Å². The first-order chi connectivity index (χ1) is 9.30. The number of hydrogen-bond donors (Lipinski definition) is 0. The number of rotatable bonds is 4. The predicted molar refractivity (Wildman–Crippen MR) is 76.0 cm³/mol. The molecule has 1 fully saturated rings. The lowest BCUT2D eigenvalue weighted by Gasteiger charge is -2.19. The Balaban J connectivity index is 2.24. The van der Waals surface area contributed by atoms with E-state index in [0.29, 0.717) is 15.9 Å². The van der Waals surface area contributed by atoms with Crippen LogP contribution < -0.4 is 9.64 Å². The summed E-state index contributed by atoms with van der Waals surface area (Å²) in [4.78, 5) is 13.4. The van der Waals surface area contributed by atoms with Crippen molar-refractivity contribution in [2.75, 3.05) is 24.3 Å². The van der Waals surface area contributed by atoms with Gasteiger partial charge in [0.2, 0.25) is 5.91 Å². The largest absolute Gasteiger partial charge is 0.497 e. The summed E-state index contributed by atoms with van der Waals surface area (Å²) in [5.41, 5.74) is 0.591. The Morgan fingerprint density at radius 2 is 2.20 bits per heavy atom. The molecule has 1 saturated heterocycles. The highest BCUT2D eigenvalue weighted by Crippen LogP contribution is 2.34. The number of halogens is 2. The van der Waals surface area contributed by atoms with E-state index in [4.69, 9.17) is 4.74 Å². The zero-order valence-corrected chi connectivity index (χ0v) is 13.1. The summed E-state index contributed by atoms with van der Waals surface area (Å²) in [7, 11) is -3.06. The fourth-order valence-electron chi connectivity index (χ4n) is 2.23. The highest BCUT2D eigenvalue weighted by atomic mass is 79.9. The van der Waals surface area contributed by atoms with Crippen LogP contribution in [0.4, 0.5) is 9.57 Å². The van der Waals surface area contributed by atoms with Crippen molar-refractivity contribution in [1.82, 2.24) is 0 Å². The highest BCUT2D eigenvalue weighted by molar-refractivity contribution is 9.10. The molecule has 0 N–H and O–H groups in total. The minimum atomic E-state index is -4.57. The number of amides is 1. The number of methoxy groups -OCH3 is 1. The number of ether oxygens (including phenoxy) is 1. The second-order valence-corrected chi connectivity index (χ2v) is 6.86. The van der Waals surface area contributed by atoms with Crippen molar-refractivity contribution < 1.29 is 21.8 Å². The maximum Gasteiger partial charge on any atom is 0.302 e. The molecule has 1 aromatic carbocycles. The molecule has 20 heavy (non-hydrogen) atoms. The molecule has 8 heteroatoms. The highest BCUT2D eigenvalue weighted by Gasteiger charge is 2.34. The van der Waals surface area contributed by atoms with Crippen LogP contribution in [-0.2, 0) is 15.0 Å². The van der Waals surface area contributed by atoms with Crippen LogP contribution in [0.15, 0.2) is 22.7 Å². The molecule has 0 aliphatic carbocycles. The summed E-state index contributed by atoms with van der Waals surface area (Å²) in [6, 6.07) is 5.15. The van der Waals surface area contributed by atoms with Crippen LogP contribution in [0, 0.1) is 5.92 Å². The zero-order chi connectivity index (χ0) is 14.9. The quantitative estimate of drug-likeness (QED) is 0.766. The van der Waals surface area contributed by atoms with Gasteiger partial charge in [0, 0.05) is 29.4 Å². The van der Waals surface area contributed by atoms with E-state index in [1.807, 2.05) is 0 Å². The third kappa shape index (κ3) is 3.49. The molecular formula is C12H13BrFNO4S. The number of anilines is 1. The third-order valence-corrected chi connectivity index (χ3v) is 4.62. The van der Waals surface area contributed by atoms with Crippen LogP contribution in [0.25, 0.3) is 0 Å². The van der Waals surface area contributed by atoms with E-state index >= 15 is 0 Å². The normalized spacial score (nSPS) is 19.4. The van der Waals surface area contributed by atoms with E-state index in [9.17, 15) is 17.1 Å². The molecule has 1 aliphatic heterocycles. The van der Waals surface area contributed by atoms with Gasteiger partial charge in [-0.2, -0.15) is 8.42 Å². The van der Waals surface area contributed by atoms with Gasteiger partial charge in [-0.15, -0.1) is 3.89 Å². The zero-order valence-electron chi connectivity index (χ0n) is 10.7. The van der Waals surface area contributed by atoms with Crippen LogP contribution in [-0.4, -0.2) is 33.7 Å². The van der Waals surface area contributed by atoms with E-state index < -0.39 is 21.9 Å². The minimum absolute atomic E-state index is 0.0206. The van der Waals surface area contributed by atoms with Gasteiger partial charge in [0.05, 0.1) is 18.6 Å². The summed E-state index contributed by atoms with van der Waals surface area (Å²) in [5, 5.41) is 0. The fraction of sp³-hybridized carbons (Fsp3) is 0.417. The molecular weight excluding hydrogens is 353 g/mol. The van der Waals surface area contributed by atoms with Crippen molar-refractivity contribution in [1.29, 1.82) is 0 Å². The molecule has 0 bridgehead atoms. The van der Waals surface area contributed by atoms with Gasteiger partial charge in [0.1, 0.15) is 5.75 Å². The molecule has 1 heterocycles. The molecule has 0 saturated carbocycles. The maximum atomic E-state index is 12.7. The number of nitrogens with zero attached hydrogens (tertiary/aromatic N) is 1. The summed E-state index contributed by atoms with van der Waals surface area (Å²) in [6.07, 6.45) is 0.0206. The average molecular weight is 366 g/mol. The van der Waals surface area contributed by atoms with E-state index in [0.717, 1.165) is 0 Å². The maximum absolute atomic E-state index is 12.7. The molecule has 0 spiro atoms. The van der Waals surface area contributed by atoms with Gasteiger partial charge in [-0.1, -0.05) is 0 Å². The van der Waals surface area contributed by atoms with E-state index in [2.05, 4.69) is 15.9 Å². The monoisotopic (exact) mass is 365 g/mol. The van der Waals surface area contributed by atoms with E-state index in [1.165, 1.54) is 12.0 Å². The van der Waals surface area contributed by atoms with Crippen LogP contribution in [0.3, 0.4) is 0 Å². The first kappa shape index (κ1) is 15.2. The number of benzene rings is 1. The van der Waals surface area contributed by atoms with Gasteiger partial charge >= 0.3 is 10.2 Å². The lowest BCUT2D eigenvalue weighted by Crippen LogP contribution is -2.25. The van der Waals surface area contributed by atoms with Crippen molar-refractivity contribution in [3.63, 3.8) is 0 Å². The molecule has 1 unspecified atom stereocenters. The third-order valence-electron chi connectivity index (χ3n) is 3.08. The number of carbonyl (C=O) groups is 1. The number of carbonyl (C=O) groups excluding carboxylic acids is 1. The van der Waals surface area contributed by atoms with Gasteiger partial charge in [-0.25, -0.2) is 0 Å². The second kappa shape index (κ2) is 5.69. The summed E-state index contributed by atoms with van der Waals surface area (Å²) < 4.78 is 39.9. The van der Waals surface area contributed by atoms with Crippen molar-refractivity contribution in [3.05, 3.63) is 22.7 Å². The Labute approximate surface area is 125 Å². The molecule has 1 amide bonds. The first-order valence-corrected chi connectivity index (χ1v) is 8.21. The summed E-state index contributed by atoms with van der Waals surface area (Å²) >= 11 is 3.34. The minimum Gasteiger partial charge on any atom is -0.497 e. The SMILES string of the molecule is COc1ccc(Br)c(N2CC(CS(=O)(=O)F)CC2=O)c1. The standard InChI is InChI=1S/C12H13BrFNO4S/c1-19-9-2-3-10(13)11(5-9)15-6-8(4-12(15)16)7-20(14,17)18/h2-3,5,8H,4,6-7H2,1H3. The Morgan fingerprint density at radius 3 is 2.80 bits per heavy atom. The molecule has 110 valence electrons. The molecule has 1 atom stereocenters. The Morgan fingerprint density at radius 1 is 1.50 bits per heavy atom. The first-order valence-electron chi connectivity index (χ1n) is 5.86. The number of hydrogen-bond acceptors (Lipinski definition) is 4. The predicted octanol–water partition coefficient (Wildman–Crippen LogP) is 2.11. The topological polar surface area (TPSA) is 63.7 Å². The van der Waals surface area contributed by atoms with Crippen molar-refractivity contribution >= 4 is 37.7 Å². The molecule has 0 aromatic heterocycles. The van der Waals surface area contributed by atoms with Crippen LogP contribution in [0.2, 0.25) is 0 Å². The molecule has 1 aromatic rings. The lowest BCUT2D eigenvalue weighted by molar-refractivity contribution is -0.117. The Kier molecular flexibility index (Phi) is 4.33. The van der Waals surface area contributed by atoms with Crippen molar-refractivity contribution in [3.8, 4) is 5.75 Å². The second-order valence-electron chi connectivity index (χ2n) is 4.60. The van der Waals surface area contributed by atoms with Gasteiger partial charge < -0.3 is 9.64 Å². The molecule has 0 radical (unpaired) electrons. The summed E-state index contributed by atoms with van der Waals surface area (Å²) in [5.74, 6) is -0.808. The summed E-state index contributed by atoms with van der Waals surface area (Å²) in [6.45, 7) is 0.174. The van der Waals surface area contributed by atoms with Crippen LogP contribution >= 0.6 is 15.9 Å². The van der Waals surface area contributed by atoms with Crippen molar-refractivity contribution in [2.45, 2.75) is 6.42 Å². The van der Waals surface area contributed by atoms with Gasteiger partial charge in [-0.3, -0.25) is 4.79 Å². The molecule has 1 aliphatic rings. The smallest absolute Gasteiger partial charge is 0.302 e. The van der Waals surface area contributed by atoms with Crippen LogP contribution in [0.1, 0.15) is 6.42 Å². The Hall–Kier alpha value is -1.15. The average Bonchev–Trinajstić information content (AvgIpc) is 2.68.